The molecule has 106 valence electrons. The Balaban J connectivity index is 1.75. The normalized spacial score (nSPS) is 10.3. The van der Waals surface area contributed by atoms with Crippen LogP contribution in [-0.2, 0) is 4.79 Å². The molecule has 0 spiro atoms. The molecule has 5 nitrogen and oxygen atoms in total. The molecule has 0 fully saturated rings. The summed E-state index contributed by atoms with van der Waals surface area (Å²) in [5.41, 5.74) is 3.75. The molecule has 0 radical (unpaired) electrons. The van der Waals surface area contributed by atoms with Crippen molar-refractivity contribution >= 4 is 18.0 Å². The lowest BCUT2D eigenvalue weighted by atomic mass is 10.2. The molecule has 5 heteroatoms. The number of nitrogens with zero attached hydrogens (tertiary/aromatic N) is 1. The number of benzene rings is 2. The number of carbonyl (C=O) groups excluding carboxylic acids is 2. The second kappa shape index (κ2) is 7.59. The monoisotopic (exact) mass is 281 g/mol. The SMILES string of the molecule is O=C(CNC(=O)c1ccccc1)N/N=C\c1ccccc1. The van der Waals surface area contributed by atoms with Crippen LogP contribution < -0.4 is 10.7 Å². The van der Waals surface area contributed by atoms with Gasteiger partial charge in [-0.25, -0.2) is 5.43 Å². The lowest BCUT2D eigenvalue weighted by Crippen LogP contribution is -2.34. The number of rotatable bonds is 5. The smallest absolute Gasteiger partial charge is 0.259 e. The van der Waals surface area contributed by atoms with Gasteiger partial charge in [-0.05, 0) is 17.7 Å². The second-order valence-corrected chi connectivity index (χ2v) is 4.25. The first-order valence-electron chi connectivity index (χ1n) is 6.46. The van der Waals surface area contributed by atoms with Gasteiger partial charge in [0.2, 0.25) is 0 Å². The van der Waals surface area contributed by atoms with E-state index in [-0.39, 0.29) is 18.4 Å². The van der Waals surface area contributed by atoms with Crippen LogP contribution in [0.4, 0.5) is 0 Å². The van der Waals surface area contributed by atoms with Crippen molar-refractivity contribution in [3.05, 3.63) is 71.8 Å². The summed E-state index contributed by atoms with van der Waals surface area (Å²) in [5, 5.41) is 6.34. The highest BCUT2D eigenvalue weighted by Gasteiger charge is 2.06. The van der Waals surface area contributed by atoms with Crippen molar-refractivity contribution in [2.24, 2.45) is 5.10 Å². The zero-order chi connectivity index (χ0) is 14.9. The number of hydrazone groups is 1. The van der Waals surface area contributed by atoms with Crippen LogP contribution in [0, 0.1) is 0 Å². The molecule has 2 N–H and O–H groups in total. The molecule has 0 atom stereocenters. The van der Waals surface area contributed by atoms with Crippen molar-refractivity contribution in [2.45, 2.75) is 0 Å². The van der Waals surface area contributed by atoms with Gasteiger partial charge in [0.1, 0.15) is 0 Å². The lowest BCUT2D eigenvalue weighted by Gasteiger charge is -2.03. The van der Waals surface area contributed by atoms with Crippen LogP contribution in [-0.4, -0.2) is 24.6 Å². The van der Waals surface area contributed by atoms with Gasteiger partial charge in [-0.2, -0.15) is 5.10 Å². The van der Waals surface area contributed by atoms with Crippen molar-refractivity contribution in [2.75, 3.05) is 6.54 Å². The maximum Gasteiger partial charge on any atom is 0.259 e. The zero-order valence-electron chi connectivity index (χ0n) is 11.3. The summed E-state index contributed by atoms with van der Waals surface area (Å²) in [6.07, 6.45) is 1.54. The van der Waals surface area contributed by atoms with E-state index in [9.17, 15) is 9.59 Å². The Morgan fingerprint density at radius 2 is 1.57 bits per heavy atom. The van der Waals surface area contributed by atoms with Gasteiger partial charge in [0.15, 0.2) is 0 Å². The molecule has 0 bridgehead atoms. The summed E-state index contributed by atoms with van der Waals surface area (Å²) in [5.74, 6) is -0.677. The zero-order valence-corrected chi connectivity index (χ0v) is 11.3. The van der Waals surface area contributed by atoms with Crippen LogP contribution in [0.3, 0.4) is 0 Å². The fraction of sp³-hybridized carbons (Fsp3) is 0.0625. The number of carbonyl (C=O) groups is 2. The quantitative estimate of drug-likeness (QED) is 0.645. The summed E-state index contributed by atoms with van der Waals surface area (Å²) in [4.78, 5) is 23.2. The highest BCUT2D eigenvalue weighted by molar-refractivity contribution is 5.96. The molecule has 0 aliphatic heterocycles. The molecule has 0 unspecified atom stereocenters. The Bertz CT molecular complexity index is 624. The van der Waals surface area contributed by atoms with E-state index < -0.39 is 0 Å². The third-order valence-corrected chi connectivity index (χ3v) is 2.65. The van der Waals surface area contributed by atoms with Gasteiger partial charge in [0.05, 0.1) is 12.8 Å². The molecular formula is C16H15N3O2. The average molecular weight is 281 g/mol. The van der Waals surface area contributed by atoms with E-state index in [1.165, 1.54) is 6.21 Å². The van der Waals surface area contributed by atoms with E-state index in [1.807, 2.05) is 36.4 Å². The Labute approximate surface area is 122 Å². The fourth-order valence-electron chi connectivity index (χ4n) is 1.61. The Morgan fingerprint density at radius 3 is 2.24 bits per heavy atom. The van der Waals surface area contributed by atoms with Gasteiger partial charge in [-0.3, -0.25) is 9.59 Å². The van der Waals surface area contributed by atoms with E-state index >= 15 is 0 Å². The minimum Gasteiger partial charge on any atom is -0.343 e. The van der Waals surface area contributed by atoms with Gasteiger partial charge in [-0.15, -0.1) is 0 Å². The number of hydrogen-bond acceptors (Lipinski definition) is 3. The Morgan fingerprint density at radius 1 is 0.952 bits per heavy atom. The summed E-state index contributed by atoms with van der Waals surface area (Å²) in [6.45, 7) is -0.125. The van der Waals surface area contributed by atoms with E-state index in [1.54, 1.807) is 24.3 Å². The molecule has 2 aromatic rings. The molecule has 0 heterocycles. The van der Waals surface area contributed by atoms with Crippen molar-refractivity contribution in [3.63, 3.8) is 0 Å². The molecule has 0 aliphatic rings. The van der Waals surface area contributed by atoms with Crippen LogP contribution in [0.1, 0.15) is 15.9 Å². The number of nitrogens with one attached hydrogen (secondary N) is 2. The number of hydrogen-bond donors (Lipinski definition) is 2. The van der Waals surface area contributed by atoms with Gasteiger partial charge in [0.25, 0.3) is 11.8 Å². The van der Waals surface area contributed by atoms with Crippen molar-refractivity contribution in [3.8, 4) is 0 Å². The molecule has 2 rings (SSSR count). The molecular weight excluding hydrogens is 266 g/mol. The van der Waals surface area contributed by atoms with E-state index in [2.05, 4.69) is 15.8 Å². The maximum atomic E-state index is 11.7. The molecule has 0 saturated heterocycles. The van der Waals surface area contributed by atoms with Crippen molar-refractivity contribution in [1.82, 2.24) is 10.7 Å². The van der Waals surface area contributed by atoms with Crippen LogP contribution in [0.25, 0.3) is 0 Å². The van der Waals surface area contributed by atoms with E-state index in [0.717, 1.165) is 5.56 Å². The number of amides is 2. The third kappa shape index (κ3) is 4.91. The summed E-state index contributed by atoms with van der Waals surface area (Å²) < 4.78 is 0. The van der Waals surface area contributed by atoms with Crippen LogP contribution in [0.2, 0.25) is 0 Å². The predicted molar refractivity (Wildman–Crippen MR) is 81.0 cm³/mol. The second-order valence-electron chi connectivity index (χ2n) is 4.25. The Hall–Kier alpha value is -2.95. The first kappa shape index (κ1) is 14.5. The minimum absolute atomic E-state index is 0.125. The van der Waals surface area contributed by atoms with E-state index in [0.29, 0.717) is 5.56 Å². The third-order valence-electron chi connectivity index (χ3n) is 2.65. The molecule has 2 amide bonds. The molecule has 2 aromatic carbocycles. The summed E-state index contributed by atoms with van der Waals surface area (Å²) >= 11 is 0. The topological polar surface area (TPSA) is 70.6 Å². The van der Waals surface area contributed by atoms with Crippen molar-refractivity contribution < 1.29 is 9.59 Å². The summed E-state index contributed by atoms with van der Waals surface area (Å²) in [7, 11) is 0. The molecule has 21 heavy (non-hydrogen) atoms. The van der Waals surface area contributed by atoms with Gasteiger partial charge >= 0.3 is 0 Å². The first-order valence-corrected chi connectivity index (χ1v) is 6.46. The summed E-state index contributed by atoms with van der Waals surface area (Å²) in [6, 6.07) is 18.1. The van der Waals surface area contributed by atoms with Crippen LogP contribution >= 0.6 is 0 Å². The largest absolute Gasteiger partial charge is 0.343 e. The standard InChI is InChI=1S/C16H15N3O2/c20-15(19-18-11-13-7-3-1-4-8-13)12-17-16(21)14-9-5-2-6-10-14/h1-11H,12H2,(H,17,21)(H,19,20)/b18-11-. The average Bonchev–Trinajstić information content (AvgIpc) is 2.54. The molecule has 0 aromatic heterocycles. The van der Waals surface area contributed by atoms with Gasteiger partial charge < -0.3 is 5.32 Å². The van der Waals surface area contributed by atoms with Crippen molar-refractivity contribution in [1.29, 1.82) is 0 Å². The minimum atomic E-state index is -0.383. The predicted octanol–water partition coefficient (Wildman–Crippen LogP) is 1.57. The van der Waals surface area contributed by atoms with Crippen LogP contribution in [0.15, 0.2) is 65.8 Å². The maximum absolute atomic E-state index is 11.7. The Kier molecular flexibility index (Phi) is 5.23. The van der Waals surface area contributed by atoms with E-state index in [4.69, 9.17) is 0 Å². The molecule has 0 saturated carbocycles. The highest BCUT2D eigenvalue weighted by atomic mass is 16.2. The van der Waals surface area contributed by atoms with Gasteiger partial charge in [0, 0.05) is 5.56 Å². The van der Waals surface area contributed by atoms with Crippen LogP contribution in [0.5, 0.6) is 0 Å². The fourth-order valence-corrected chi connectivity index (χ4v) is 1.61. The molecule has 0 aliphatic carbocycles. The van der Waals surface area contributed by atoms with Gasteiger partial charge in [-0.1, -0.05) is 48.5 Å². The lowest BCUT2D eigenvalue weighted by molar-refractivity contribution is -0.120. The highest BCUT2D eigenvalue weighted by Crippen LogP contribution is 1.97. The first-order chi connectivity index (χ1) is 10.3.